The molecular formula is C29H47FN4O3S2. The number of hydrogen-bond acceptors (Lipinski definition) is 6. The molecule has 0 spiro atoms. The summed E-state index contributed by atoms with van der Waals surface area (Å²) >= 11 is 1.48. The van der Waals surface area contributed by atoms with Gasteiger partial charge in [-0.05, 0) is 48.6 Å². The van der Waals surface area contributed by atoms with Gasteiger partial charge < -0.3 is 15.5 Å². The van der Waals surface area contributed by atoms with Gasteiger partial charge in [-0.15, -0.1) is 11.8 Å². The molecule has 1 saturated heterocycles. The quantitative estimate of drug-likeness (QED) is 0.185. The first-order valence-corrected chi connectivity index (χ1v) is 17.0. The maximum atomic E-state index is 14.7. The Labute approximate surface area is 239 Å². The Bertz CT molecular complexity index is 1110. The summed E-state index contributed by atoms with van der Waals surface area (Å²) in [6.07, 6.45) is 6.86. The van der Waals surface area contributed by atoms with E-state index in [9.17, 15) is 17.6 Å². The van der Waals surface area contributed by atoms with Crippen molar-refractivity contribution in [1.82, 2.24) is 5.32 Å². The first-order valence-electron chi connectivity index (χ1n) is 14.1. The number of carbonyl (C=O) groups excluding carboxylic acids is 1. The van der Waals surface area contributed by atoms with Crippen LogP contribution in [0.5, 0.6) is 0 Å². The largest absolute Gasteiger partial charge is 0.369 e. The van der Waals surface area contributed by atoms with Crippen LogP contribution in [0.4, 0.5) is 21.5 Å². The number of halogens is 1. The van der Waals surface area contributed by atoms with Crippen molar-refractivity contribution in [3.8, 4) is 0 Å². The van der Waals surface area contributed by atoms with E-state index in [1.54, 1.807) is 30.3 Å². The van der Waals surface area contributed by atoms with Crippen molar-refractivity contribution in [3.63, 3.8) is 0 Å². The number of unbranched alkanes of at least 4 members (excludes halogenated alkanes) is 4. The number of thioether (sulfide) groups is 1. The molecule has 1 aliphatic rings. The van der Waals surface area contributed by atoms with Gasteiger partial charge in [-0.1, -0.05) is 60.3 Å². The number of nitrogens with zero attached hydrogens (tertiary/aromatic N) is 1. The number of sulfonamides is 1. The molecule has 0 bridgehead atoms. The van der Waals surface area contributed by atoms with Gasteiger partial charge in [0.2, 0.25) is 10.0 Å². The second-order valence-electron chi connectivity index (χ2n) is 8.70. The normalized spacial score (nSPS) is 12.9. The van der Waals surface area contributed by atoms with Crippen LogP contribution >= 0.6 is 11.8 Å². The van der Waals surface area contributed by atoms with Gasteiger partial charge in [0.1, 0.15) is 5.82 Å². The third-order valence-electron chi connectivity index (χ3n) is 5.72. The van der Waals surface area contributed by atoms with Crippen LogP contribution in [0.15, 0.2) is 41.3 Å². The maximum Gasteiger partial charge on any atom is 0.257 e. The summed E-state index contributed by atoms with van der Waals surface area (Å²) in [5, 5.41) is 6.00. The molecular weight excluding hydrogens is 535 g/mol. The number of nitrogens with one attached hydrogen (secondary N) is 3. The maximum absolute atomic E-state index is 14.7. The zero-order chi connectivity index (χ0) is 29.3. The molecule has 0 radical (unpaired) electrons. The Hall–Kier alpha value is -2.30. The van der Waals surface area contributed by atoms with Crippen LogP contribution < -0.4 is 20.3 Å². The molecule has 220 valence electrons. The van der Waals surface area contributed by atoms with Crippen molar-refractivity contribution in [2.24, 2.45) is 0 Å². The fraction of sp³-hybridized carbons (Fsp3) is 0.552. The van der Waals surface area contributed by atoms with Crippen LogP contribution in [0.3, 0.4) is 0 Å². The number of piperazine rings is 1. The van der Waals surface area contributed by atoms with Crippen LogP contribution in [-0.4, -0.2) is 52.5 Å². The molecule has 0 unspecified atom stereocenters. The molecule has 7 nitrogen and oxygen atoms in total. The highest BCUT2D eigenvalue weighted by atomic mass is 32.2. The fourth-order valence-electron chi connectivity index (χ4n) is 3.91. The topological polar surface area (TPSA) is 90.5 Å². The summed E-state index contributed by atoms with van der Waals surface area (Å²) < 4.78 is 40.8. The summed E-state index contributed by atoms with van der Waals surface area (Å²) in [4.78, 5) is 15.8. The summed E-state index contributed by atoms with van der Waals surface area (Å²) in [7, 11) is -3.59. The molecule has 2 aromatic rings. The highest BCUT2D eigenvalue weighted by Crippen LogP contribution is 2.28. The summed E-state index contributed by atoms with van der Waals surface area (Å²) in [6, 6.07) is 9.71. The predicted molar refractivity (Wildman–Crippen MR) is 167 cm³/mol. The van der Waals surface area contributed by atoms with E-state index < -0.39 is 15.9 Å². The van der Waals surface area contributed by atoms with E-state index in [0.717, 1.165) is 56.7 Å². The standard InChI is InChI=1S/C25H35FN4O3S2.2C2H6/c1-3-4-5-6-7-16-34-24-11-8-19(17-22(24)26)28-25(31)21-18-20(30-14-12-27-13-15-30)9-10-23(21)29-35(2,32)33;2*1-2/h8-11,17-18,27,29H,3-7,12-16H2,1-2H3,(H,28,31);2*1-2H3. The van der Waals surface area contributed by atoms with Gasteiger partial charge in [0, 0.05) is 42.4 Å². The molecule has 10 heteroatoms. The third kappa shape index (κ3) is 12.6. The molecule has 3 rings (SSSR count). The van der Waals surface area contributed by atoms with Gasteiger partial charge in [-0.25, -0.2) is 12.8 Å². The molecule has 0 saturated carbocycles. The summed E-state index contributed by atoms with van der Waals surface area (Å²) in [5.74, 6) is -0.0413. The molecule has 0 aromatic heterocycles. The second kappa shape index (κ2) is 18.9. The Kier molecular flexibility index (Phi) is 16.8. The highest BCUT2D eigenvalue weighted by Gasteiger charge is 2.19. The van der Waals surface area contributed by atoms with Crippen LogP contribution in [-0.2, 0) is 10.0 Å². The van der Waals surface area contributed by atoms with Gasteiger partial charge in [-0.2, -0.15) is 0 Å². The predicted octanol–water partition coefficient (Wildman–Crippen LogP) is 6.97. The van der Waals surface area contributed by atoms with E-state index in [2.05, 4.69) is 27.2 Å². The van der Waals surface area contributed by atoms with Crippen molar-refractivity contribution in [1.29, 1.82) is 0 Å². The number of benzene rings is 2. The number of rotatable bonds is 12. The zero-order valence-corrected chi connectivity index (χ0v) is 26.0. The smallest absolute Gasteiger partial charge is 0.257 e. The summed E-state index contributed by atoms with van der Waals surface area (Å²) in [6.45, 7) is 13.4. The number of carbonyl (C=O) groups is 1. The van der Waals surface area contributed by atoms with Crippen LogP contribution in [0, 0.1) is 5.82 Å². The van der Waals surface area contributed by atoms with E-state index in [-0.39, 0.29) is 17.1 Å². The summed E-state index contributed by atoms with van der Waals surface area (Å²) in [5.41, 5.74) is 1.50. The molecule has 39 heavy (non-hydrogen) atoms. The van der Waals surface area contributed by atoms with Gasteiger partial charge >= 0.3 is 0 Å². The van der Waals surface area contributed by atoms with Crippen LogP contribution in [0.2, 0.25) is 0 Å². The Morgan fingerprint density at radius 2 is 1.67 bits per heavy atom. The van der Waals surface area contributed by atoms with Crippen molar-refractivity contribution < 1.29 is 17.6 Å². The van der Waals surface area contributed by atoms with Gasteiger partial charge in [-0.3, -0.25) is 9.52 Å². The third-order valence-corrected chi connectivity index (χ3v) is 7.45. The van der Waals surface area contributed by atoms with Gasteiger partial charge in [0.25, 0.3) is 5.91 Å². The van der Waals surface area contributed by atoms with Crippen molar-refractivity contribution in [2.45, 2.75) is 71.6 Å². The van der Waals surface area contributed by atoms with E-state index >= 15 is 0 Å². The minimum atomic E-state index is -3.59. The highest BCUT2D eigenvalue weighted by molar-refractivity contribution is 7.99. The Balaban J connectivity index is 0.00000181. The molecule has 0 atom stereocenters. The average molecular weight is 583 g/mol. The number of anilines is 3. The SMILES string of the molecule is CC.CC.CCCCCCCSc1ccc(NC(=O)c2cc(N3CCNCC3)ccc2NS(C)(=O)=O)cc1F. The van der Waals surface area contributed by atoms with Gasteiger partial charge in [0.05, 0.1) is 17.5 Å². The minimum Gasteiger partial charge on any atom is -0.369 e. The lowest BCUT2D eigenvalue weighted by Crippen LogP contribution is -2.43. The molecule has 1 amide bonds. The molecule has 1 fully saturated rings. The molecule has 2 aromatic carbocycles. The first kappa shape index (κ1) is 34.7. The van der Waals surface area contributed by atoms with E-state index in [0.29, 0.717) is 10.6 Å². The average Bonchev–Trinajstić information content (AvgIpc) is 2.93. The number of hydrogen-bond donors (Lipinski definition) is 3. The Morgan fingerprint density at radius 3 is 2.28 bits per heavy atom. The Morgan fingerprint density at radius 1 is 1.00 bits per heavy atom. The fourth-order valence-corrected chi connectivity index (χ4v) is 5.42. The van der Waals surface area contributed by atoms with E-state index in [1.165, 1.54) is 37.1 Å². The molecule has 1 aliphatic heterocycles. The zero-order valence-electron chi connectivity index (χ0n) is 24.4. The molecule has 0 aliphatic carbocycles. The van der Waals surface area contributed by atoms with E-state index in [1.807, 2.05) is 27.7 Å². The van der Waals surface area contributed by atoms with Crippen molar-refractivity contribution in [2.75, 3.05) is 53.1 Å². The lowest BCUT2D eigenvalue weighted by molar-refractivity contribution is 0.102. The van der Waals surface area contributed by atoms with Crippen LogP contribution in [0.1, 0.15) is 77.1 Å². The second-order valence-corrected chi connectivity index (χ2v) is 11.6. The minimum absolute atomic E-state index is 0.178. The molecule has 3 N–H and O–H groups in total. The van der Waals surface area contributed by atoms with Crippen LogP contribution in [0.25, 0.3) is 0 Å². The first-order chi connectivity index (χ1) is 18.8. The molecule has 1 heterocycles. The lowest BCUT2D eigenvalue weighted by atomic mass is 10.1. The monoisotopic (exact) mass is 582 g/mol. The van der Waals surface area contributed by atoms with Gasteiger partial charge in [0.15, 0.2) is 0 Å². The number of amides is 1. The van der Waals surface area contributed by atoms with Crippen molar-refractivity contribution in [3.05, 3.63) is 47.8 Å². The lowest BCUT2D eigenvalue weighted by Gasteiger charge is -2.30. The van der Waals surface area contributed by atoms with E-state index in [4.69, 9.17) is 0 Å². The van der Waals surface area contributed by atoms with Crippen molar-refractivity contribution >= 4 is 44.8 Å².